The number of carbonyl (C=O) groups excluding carboxylic acids is 1. The summed E-state index contributed by atoms with van der Waals surface area (Å²) in [6.07, 6.45) is -2.35. The highest BCUT2D eigenvalue weighted by Crippen LogP contribution is 2.31. The summed E-state index contributed by atoms with van der Waals surface area (Å²) in [5.74, 6) is -0.0707. The van der Waals surface area contributed by atoms with Gasteiger partial charge in [-0.05, 0) is 23.8 Å². The van der Waals surface area contributed by atoms with Gasteiger partial charge in [-0.1, -0.05) is 0 Å². The van der Waals surface area contributed by atoms with Crippen LogP contribution >= 0.6 is 0 Å². The van der Waals surface area contributed by atoms with Gasteiger partial charge in [0.1, 0.15) is 5.82 Å². The van der Waals surface area contributed by atoms with Crippen molar-refractivity contribution in [2.45, 2.75) is 25.9 Å². The van der Waals surface area contributed by atoms with E-state index in [1.54, 1.807) is 6.07 Å². The number of fused-ring (bicyclic) bond motifs is 3. The molecule has 0 atom stereocenters. The minimum Gasteiger partial charge on any atom is -0.383 e. The zero-order chi connectivity index (χ0) is 19.9. The topological polar surface area (TPSA) is 103 Å². The molecule has 28 heavy (non-hydrogen) atoms. The fourth-order valence-corrected chi connectivity index (χ4v) is 2.94. The average Bonchev–Trinajstić information content (AvgIpc) is 3.16. The number of nitrogens with zero attached hydrogens (tertiary/aromatic N) is 3. The number of carbonyl (C=O) groups is 1. The van der Waals surface area contributed by atoms with Gasteiger partial charge in [0.05, 0.1) is 36.6 Å². The van der Waals surface area contributed by atoms with Crippen LogP contribution in [0.15, 0.2) is 30.6 Å². The van der Waals surface area contributed by atoms with E-state index in [0.717, 1.165) is 23.4 Å². The number of nitrogens with two attached hydrogens (primary N) is 1. The second-order valence-corrected chi connectivity index (χ2v) is 6.26. The highest BCUT2D eigenvalue weighted by molar-refractivity contribution is 5.97. The summed E-state index contributed by atoms with van der Waals surface area (Å²) in [7, 11) is 0. The van der Waals surface area contributed by atoms with Crippen LogP contribution in [0.3, 0.4) is 0 Å². The van der Waals surface area contributed by atoms with Crippen molar-refractivity contribution in [1.29, 1.82) is 0 Å². The van der Waals surface area contributed by atoms with Crippen molar-refractivity contribution in [2.24, 2.45) is 0 Å². The molecule has 7 nitrogen and oxygen atoms in total. The van der Waals surface area contributed by atoms with E-state index in [2.05, 4.69) is 20.3 Å². The second-order valence-electron chi connectivity index (χ2n) is 6.26. The Morgan fingerprint density at radius 3 is 2.68 bits per heavy atom. The third-order valence-electron chi connectivity index (χ3n) is 4.43. The van der Waals surface area contributed by atoms with Gasteiger partial charge in [-0.25, -0.2) is 9.97 Å². The molecule has 0 radical (unpaired) electrons. The summed E-state index contributed by atoms with van der Waals surface area (Å²) < 4.78 is 43.1. The van der Waals surface area contributed by atoms with Crippen molar-refractivity contribution in [3.05, 3.63) is 58.5 Å². The van der Waals surface area contributed by atoms with E-state index in [0.29, 0.717) is 41.3 Å². The van der Waals surface area contributed by atoms with E-state index in [1.165, 1.54) is 12.3 Å². The summed E-state index contributed by atoms with van der Waals surface area (Å²) in [6, 6.07) is 3.79. The van der Waals surface area contributed by atoms with E-state index in [1.807, 2.05) is 0 Å². The van der Waals surface area contributed by atoms with Crippen LogP contribution in [0.4, 0.5) is 19.0 Å². The molecule has 4 rings (SSSR count). The number of nitrogens with one attached hydrogen (secondary N) is 1. The van der Waals surface area contributed by atoms with Crippen molar-refractivity contribution in [1.82, 2.24) is 20.3 Å². The largest absolute Gasteiger partial charge is 0.417 e. The van der Waals surface area contributed by atoms with Crippen molar-refractivity contribution >= 4 is 22.8 Å². The maximum absolute atomic E-state index is 12.6. The summed E-state index contributed by atoms with van der Waals surface area (Å²) in [5, 5.41) is 3.30. The van der Waals surface area contributed by atoms with Gasteiger partial charge >= 0.3 is 6.18 Å². The monoisotopic (exact) mass is 389 g/mol. The van der Waals surface area contributed by atoms with Crippen LogP contribution in [-0.2, 0) is 30.7 Å². The molecule has 3 aromatic heterocycles. The minimum atomic E-state index is -4.45. The summed E-state index contributed by atoms with van der Waals surface area (Å²) in [4.78, 5) is 24.6. The fraction of sp³-hybridized carbons (Fsp3) is 0.222. The number of pyridine rings is 3. The van der Waals surface area contributed by atoms with E-state index < -0.39 is 17.6 Å². The number of nitrogen functional groups attached to an aromatic ring is 1. The van der Waals surface area contributed by atoms with Crippen molar-refractivity contribution < 1.29 is 22.7 Å². The highest BCUT2D eigenvalue weighted by atomic mass is 19.4. The summed E-state index contributed by atoms with van der Waals surface area (Å²) >= 11 is 0. The molecule has 0 spiro atoms. The van der Waals surface area contributed by atoms with Crippen molar-refractivity contribution in [3.8, 4) is 0 Å². The lowest BCUT2D eigenvalue weighted by Gasteiger charge is -2.09. The molecule has 3 N–H and O–H groups in total. The number of aromatic nitrogens is 3. The Labute approximate surface area is 156 Å². The van der Waals surface area contributed by atoms with Crippen LogP contribution in [0.1, 0.15) is 32.7 Å². The van der Waals surface area contributed by atoms with E-state index in [9.17, 15) is 18.0 Å². The summed E-state index contributed by atoms with van der Waals surface area (Å²) in [5.41, 5.74) is 7.72. The lowest BCUT2D eigenvalue weighted by Crippen LogP contribution is -2.23. The molecule has 3 aromatic rings. The first kappa shape index (κ1) is 18.1. The number of anilines is 1. The Hall–Kier alpha value is -3.27. The molecule has 0 aromatic carbocycles. The fourth-order valence-electron chi connectivity index (χ4n) is 2.94. The van der Waals surface area contributed by atoms with Crippen LogP contribution in [0, 0.1) is 0 Å². The summed E-state index contributed by atoms with van der Waals surface area (Å²) in [6.45, 7) is 0.705. The number of hydrogen-bond donors (Lipinski definition) is 2. The van der Waals surface area contributed by atoms with Gasteiger partial charge in [0.25, 0.3) is 5.91 Å². The van der Waals surface area contributed by atoms with Crippen LogP contribution in [-0.4, -0.2) is 20.9 Å². The van der Waals surface area contributed by atoms with Crippen LogP contribution in [0.25, 0.3) is 11.0 Å². The van der Waals surface area contributed by atoms with Crippen molar-refractivity contribution in [2.75, 3.05) is 5.73 Å². The average molecular weight is 389 g/mol. The normalized spacial score (nSPS) is 13.5. The maximum atomic E-state index is 12.6. The molecule has 1 amide bonds. The zero-order valence-corrected chi connectivity index (χ0v) is 14.4. The Balaban J connectivity index is 1.52. The number of ether oxygens (including phenoxy) is 1. The highest BCUT2D eigenvalue weighted by Gasteiger charge is 2.30. The molecule has 0 saturated carbocycles. The number of hydrogen-bond acceptors (Lipinski definition) is 6. The second kappa shape index (κ2) is 6.71. The molecule has 144 valence electrons. The molecule has 0 aliphatic carbocycles. The van der Waals surface area contributed by atoms with Crippen LogP contribution in [0.2, 0.25) is 0 Å². The molecular weight excluding hydrogens is 375 g/mol. The number of rotatable bonds is 3. The number of alkyl halides is 3. The van der Waals surface area contributed by atoms with Gasteiger partial charge in [0.2, 0.25) is 0 Å². The first-order chi connectivity index (χ1) is 13.3. The van der Waals surface area contributed by atoms with Gasteiger partial charge in [0.15, 0.2) is 5.65 Å². The standard InChI is InChI=1S/C18H14F3N5O2/c19-18(20,21)10-1-2-11(23-5-10)6-25-17(27)9-3-12-13-7-28-8-14(13)15(22)26-16(12)24-4-9/h1-5H,6-8H2,(H,25,27)(H2,22,24,26). The Morgan fingerprint density at radius 1 is 1.18 bits per heavy atom. The lowest BCUT2D eigenvalue weighted by atomic mass is 10.1. The maximum Gasteiger partial charge on any atom is 0.417 e. The molecule has 0 fully saturated rings. The third-order valence-corrected chi connectivity index (χ3v) is 4.43. The van der Waals surface area contributed by atoms with Gasteiger partial charge in [-0.3, -0.25) is 9.78 Å². The molecule has 0 bridgehead atoms. The molecule has 10 heteroatoms. The van der Waals surface area contributed by atoms with Crippen LogP contribution in [0.5, 0.6) is 0 Å². The predicted molar refractivity (Wildman–Crippen MR) is 92.9 cm³/mol. The Bertz CT molecular complexity index is 1070. The third kappa shape index (κ3) is 3.33. The lowest BCUT2D eigenvalue weighted by molar-refractivity contribution is -0.137. The van der Waals surface area contributed by atoms with Crippen molar-refractivity contribution in [3.63, 3.8) is 0 Å². The Kier molecular flexibility index (Phi) is 4.34. The molecule has 0 unspecified atom stereocenters. The molecule has 1 aliphatic rings. The number of amides is 1. The first-order valence-electron chi connectivity index (χ1n) is 8.28. The predicted octanol–water partition coefficient (Wildman–Crippen LogP) is 2.59. The molecule has 1 aliphatic heterocycles. The SMILES string of the molecule is Nc1nc2ncc(C(=O)NCc3ccc(C(F)(F)F)cn3)cc2c2c1COC2. The van der Waals surface area contributed by atoms with E-state index in [4.69, 9.17) is 10.5 Å². The van der Waals surface area contributed by atoms with E-state index in [-0.39, 0.29) is 6.54 Å². The van der Waals surface area contributed by atoms with Crippen LogP contribution < -0.4 is 11.1 Å². The molecular formula is C18H14F3N5O2. The van der Waals surface area contributed by atoms with E-state index >= 15 is 0 Å². The van der Waals surface area contributed by atoms with Gasteiger partial charge in [-0.2, -0.15) is 13.2 Å². The zero-order valence-electron chi connectivity index (χ0n) is 14.4. The smallest absolute Gasteiger partial charge is 0.383 e. The number of halogens is 3. The Morgan fingerprint density at radius 2 is 1.96 bits per heavy atom. The minimum absolute atomic E-state index is 0.0176. The van der Waals surface area contributed by atoms with Gasteiger partial charge < -0.3 is 15.8 Å². The molecule has 4 heterocycles. The molecule has 0 saturated heterocycles. The quantitative estimate of drug-likeness (QED) is 0.714. The van der Waals surface area contributed by atoms with Gasteiger partial charge in [0, 0.05) is 23.3 Å². The first-order valence-corrected chi connectivity index (χ1v) is 8.28. The van der Waals surface area contributed by atoms with Gasteiger partial charge in [-0.15, -0.1) is 0 Å².